The van der Waals surface area contributed by atoms with E-state index in [9.17, 15) is 9.59 Å². The Hall–Kier alpha value is -2.66. The minimum Gasteiger partial charge on any atom is -0.398 e. The van der Waals surface area contributed by atoms with Crippen LogP contribution in [-0.2, 0) is 0 Å². The van der Waals surface area contributed by atoms with E-state index in [-0.39, 0.29) is 11.6 Å². The average Bonchev–Trinajstić information content (AvgIpc) is 2.59. The molecule has 3 rings (SSSR count). The highest BCUT2D eigenvalue weighted by molar-refractivity contribution is 6.31. The number of anilines is 2. The summed E-state index contributed by atoms with van der Waals surface area (Å²) in [5.41, 5.74) is 13.4. The first-order valence-corrected chi connectivity index (χ1v) is 7.55. The molecule has 0 heterocycles. The molecule has 0 amide bonds. The van der Waals surface area contributed by atoms with Crippen LogP contribution in [0.2, 0.25) is 0 Å². The maximum Gasteiger partial charge on any atom is 0.196 e. The van der Waals surface area contributed by atoms with Gasteiger partial charge in [-0.3, -0.25) is 9.59 Å². The molecule has 1 aliphatic rings. The van der Waals surface area contributed by atoms with E-state index in [1.165, 1.54) is 0 Å². The summed E-state index contributed by atoms with van der Waals surface area (Å²) < 4.78 is 0. The van der Waals surface area contributed by atoms with E-state index in [1.807, 2.05) is 0 Å². The summed E-state index contributed by atoms with van der Waals surface area (Å²) in [6.07, 6.45) is 1.10. The minimum absolute atomic E-state index is 0.165. The van der Waals surface area contributed by atoms with Gasteiger partial charge in [-0.15, -0.1) is 0 Å². The lowest BCUT2D eigenvalue weighted by molar-refractivity contribution is 0.0980. The zero-order chi connectivity index (χ0) is 17.0. The van der Waals surface area contributed by atoms with E-state index in [2.05, 4.69) is 12.2 Å². The molecule has 2 aromatic rings. The topological polar surface area (TPSA) is 98.2 Å². The highest BCUT2D eigenvalue weighted by Crippen LogP contribution is 2.34. The second-order valence-electron chi connectivity index (χ2n) is 5.19. The Morgan fingerprint density at radius 3 is 1.96 bits per heavy atom. The molecule has 0 bridgehead atoms. The Labute approximate surface area is 135 Å². The predicted octanol–water partition coefficient (Wildman–Crippen LogP) is 2.44. The first-order valence-electron chi connectivity index (χ1n) is 7.55. The van der Waals surface area contributed by atoms with Crippen molar-refractivity contribution in [2.75, 3.05) is 24.6 Å². The van der Waals surface area contributed by atoms with Gasteiger partial charge in [-0.2, -0.15) is 0 Å². The summed E-state index contributed by atoms with van der Waals surface area (Å²) in [5, 5.41) is 2.94. The Bertz CT molecular complexity index is 752. The number of hydrogen-bond donors (Lipinski definition) is 3. The van der Waals surface area contributed by atoms with E-state index >= 15 is 0 Å². The third-order valence-electron chi connectivity index (χ3n) is 3.67. The molecule has 2 aromatic carbocycles. The van der Waals surface area contributed by atoms with Crippen LogP contribution in [-0.4, -0.2) is 25.2 Å². The van der Waals surface area contributed by atoms with Gasteiger partial charge in [0.1, 0.15) is 0 Å². The molecular weight excluding hydrogens is 290 g/mol. The normalized spacial score (nSPS) is 12.0. The number of hydrogen-bond acceptors (Lipinski definition) is 5. The van der Waals surface area contributed by atoms with Crippen molar-refractivity contribution < 1.29 is 9.59 Å². The van der Waals surface area contributed by atoms with Crippen LogP contribution in [0.4, 0.5) is 11.4 Å². The molecule has 0 radical (unpaired) electrons. The van der Waals surface area contributed by atoms with Gasteiger partial charge >= 0.3 is 0 Å². The van der Waals surface area contributed by atoms with Crippen LogP contribution >= 0.6 is 0 Å². The zero-order valence-electron chi connectivity index (χ0n) is 13.3. The molecule has 0 atom stereocenters. The third kappa shape index (κ3) is 2.96. The van der Waals surface area contributed by atoms with Crippen LogP contribution in [0.1, 0.15) is 45.2 Å². The van der Waals surface area contributed by atoms with Gasteiger partial charge in [0.2, 0.25) is 0 Å². The summed E-state index contributed by atoms with van der Waals surface area (Å²) >= 11 is 0. The number of benzene rings is 2. The predicted molar refractivity (Wildman–Crippen MR) is 93.1 cm³/mol. The summed E-state index contributed by atoms with van der Waals surface area (Å²) in [7, 11) is 1.71. The Balaban J connectivity index is 0.000000433. The number of nitrogen functional groups attached to an aromatic ring is 1. The molecule has 5 nitrogen and oxygen atoms in total. The van der Waals surface area contributed by atoms with Crippen molar-refractivity contribution >= 4 is 22.9 Å². The van der Waals surface area contributed by atoms with E-state index < -0.39 is 0 Å². The number of carbonyl (C=O) groups excluding carboxylic acids is 2. The molecule has 0 saturated heterocycles. The second kappa shape index (κ2) is 7.07. The van der Waals surface area contributed by atoms with Crippen LogP contribution in [0.3, 0.4) is 0 Å². The number of carbonyl (C=O) groups is 2. The Morgan fingerprint density at radius 1 is 0.957 bits per heavy atom. The van der Waals surface area contributed by atoms with Gasteiger partial charge in [0.05, 0.1) is 11.1 Å². The smallest absolute Gasteiger partial charge is 0.196 e. The molecule has 0 fully saturated rings. The van der Waals surface area contributed by atoms with Crippen molar-refractivity contribution in [3.8, 4) is 0 Å². The van der Waals surface area contributed by atoms with Crippen LogP contribution in [0, 0.1) is 0 Å². The lowest BCUT2D eigenvalue weighted by atomic mass is 9.82. The second-order valence-corrected chi connectivity index (χ2v) is 5.19. The summed E-state index contributed by atoms with van der Waals surface area (Å²) in [6, 6.07) is 10.2. The van der Waals surface area contributed by atoms with Gasteiger partial charge in [0.25, 0.3) is 0 Å². The minimum atomic E-state index is -0.195. The maximum absolute atomic E-state index is 12.5. The van der Waals surface area contributed by atoms with Crippen LogP contribution < -0.4 is 16.8 Å². The Kier molecular flexibility index (Phi) is 5.13. The number of rotatable bonds is 2. The molecule has 5 N–H and O–H groups in total. The quantitative estimate of drug-likeness (QED) is 0.631. The molecule has 0 saturated carbocycles. The molecular formula is C18H21N3O2. The number of fused-ring (bicyclic) bond motifs is 2. The highest BCUT2D eigenvalue weighted by Gasteiger charge is 2.32. The monoisotopic (exact) mass is 311 g/mol. The SMILES string of the molecule is CCCN.CNc1ccc(N)c2c1C(=O)c1ccccc1C2=O. The molecule has 0 aromatic heterocycles. The molecule has 23 heavy (non-hydrogen) atoms. The molecule has 120 valence electrons. The van der Waals surface area contributed by atoms with Gasteiger partial charge in [0, 0.05) is 29.5 Å². The van der Waals surface area contributed by atoms with Crippen molar-refractivity contribution in [2.24, 2.45) is 5.73 Å². The van der Waals surface area contributed by atoms with E-state index in [0.29, 0.717) is 33.6 Å². The number of nitrogens with two attached hydrogens (primary N) is 2. The zero-order valence-corrected chi connectivity index (χ0v) is 13.3. The highest BCUT2D eigenvalue weighted by atomic mass is 16.1. The van der Waals surface area contributed by atoms with Crippen molar-refractivity contribution in [2.45, 2.75) is 13.3 Å². The number of ketones is 2. The fraction of sp³-hybridized carbons (Fsp3) is 0.222. The van der Waals surface area contributed by atoms with Crippen molar-refractivity contribution in [1.82, 2.24) is 0 Å². The lowest BCUT2D eigenvalue weighted by Crippen LogP contribution is -2.23. The van der Waals surface area contributed by atoms with E-state index in [0.717, 1.165) is 13.0 Å². The summed E-state index contributed by atoms with van der Waals surface area (Å²) in [5.74, 6) is -0.360. The van der Waals surface area contributed by atoms with Crippen molar-refractivity contribution in [3.63, 3.8) is 0 Å². The first kappa shape index (κ1) is 16.7. The summed E-state index contributed by atoms with van der Waals surface area (Å²) in [6.45, 7) is 2.88. The van der Waals surface area contributed by atoms with E-state index in [1.54, 1.807) is 43.4 Å². The van der Waals surface area contributed by atoms with Crippen molar-refractivity contribution in [3.05, 3.63) is 58.7 Å². The first-order chi connectivity index (χ1) is 11.1. The van der Waals surface area contributed by atoms with Gasteiger partial charge < -0.3 is 16.8 Å². The average molecular weight is 311 g/mol. The number of nitrogens with one attached hydrogen (secondary N) is 1. The standard InChI is InChI=1S/C15H12N2O2.C3H9N/c1-17-11-7-6-10(16)12-13(11)15(19)9-5-3-2-4-8(9)14(12)18;1-2-3-4/h2-7,17H,16H2,1H3;2-4H2,1H3. The van der Waals surface area contributed by atoms with Crippen LogP contribution in [0.15, 0.2) is 36.4 Å². The fourth-order valence-electron chi connectivity index (χ4n) is 2.46. The maximum atomic E-state index is 12.5. The van der Waals surface area contributed by atoms with Gasteiger partial charge in [-0.25, -0.2) is 0 Å². The lowest BCUT2D eigenvalue weighted by Gasteiger charge is -2.21. The summed E-state index contributed by atoms with van der Waals surface area (Å²) in [4.78, 5) is 25.0. The fourth-order valence-corrected chi connectivity index (χ4v) is 2.46. The van der Waals surface area contributed by atoms with Gasteiger partial charge in [-0.1, -0.05) is 31.2 Å². The molecule has 0 aliphatic heterocycles. The molecule has 1 aliphatic carbocycles. The molecule has 0 spiro atoms. The Morgan fingerprint density at radius 2 is 1.48 bits per heavy atom. The van der Waals surface area contributed by atoms with Crippen molar-refractivity contribution in [1.29, 1.82) is 0 Å². The van der Waals surface area contributed by atoms with Gasteiger partial charge in [-0.05, 0) is 25.1 Å². The van der Waals surface area contributed by atoms with E-state index in [4.69, 9.17) is 11.5 Å². The molecule has 5 heteroatoms. The van der Waals surface area contributed by atoms with Crippen LogP contribution in [0.25, 0.3) is 0 Å². The molecule has 0 unspecified atom stereocenters. The largest absolute Gasteiger partial charge is 0.398 e. The third-order valence-corrected chi connectivity index (χ3v) is 3.67. The van der Waals surface area contributed by atoms with Gasteiger partial charge in [0.15, 0.2) is 11.6 Å². The van der Waals surface area contributed by atoms with Crippen LogP contribution in [0.5, 0.6) is 0 Å².